The lowest BCUT2D eigenvalue weighted by atomic mass is 10.0. The minimum atomic E-state index is -1.02. The first kappa shape index (κ1) is 14.8. The van der Waals surface area contributed by atoms with Crippen LogP contribution >= 0.6 is 11.6 Å². The van der Waals surface area contributed by atoms with Gasteiger partial charge >= 0.3 is 5.97 Å². The normalized spacial score (nSPS) is 13.0. The Bertz CT molecular complexity index is 953. The smallest absolute Gasteiger partial charge is 0.336 e. The van der Waals surface area contributed by atoms with Crippen LogP contribution in [-0.4, -0.2) is 29.3 Å². The standard InChI is InChI=1S/C18H12ClNO4/c19-11-3-1-10(2-4-11)14-7-13(18(21)22)12-8-16-17(9-15(12)20-14)24-6-5-23-16/h1-4,7-9H,5-6H2,(H,21,22). The summed E-state index contributed by atoms with van der Waals surface area (Å²) in [5, 5.41) is 10.7. The van der Waals surface area contributed by atoms with Crippen LogP contribution < -0.4 is 9.47 Å². The van der Waals surface area contributed by atoms with E-state index in [0.29, 0.717) is 46.3 Å². The van der Waals surface area contributed by atoms with E-state index in [1.807, 2.05) is 0 Å². The zero-order valence-electron chi connectivity index (χ0n) is 12.5. The topological polar surface area (TPSA) is 68.7 Å². The maximum Gasteiger partial charge on any atom is 0.336 e. The van der Waals surface area contributed by atoms with E-state index < -0.39 is 5.97 Å². The molecule has 1 aromatic heterocycles. The zero-order chi connectivity index (χ0) is 16.7. The lowest BCUT2D eigenvalue weighted by Gasteiger charge is -2.19. The molecule has 1 aliphatic heterocycles. The van der Waals surface area contributed by atoms with Crippen molar-refractivity contribution in [2.45, 2.75) is 0 Å². The molecule has 0 unspecified atom stereocenters. The average molecular weight is 342 g/mol. The Balaban J connectivity index is 1.96. The summed E-state index contributed by atoms with van der Waals surface area (Å²) in [6, 6.07) is 12.0. The molecule has 0 saturated carbocycles. The molecule has 0 atom stereocenters. The van der Waals surface area contributed by atoms with E-state index in [0.717, 1.165) is 5.56 Å². The Morgan fingerprint density at radius 2 is 1.71 bits per heavy atom. The van der Waals surface area contributed by atoms with Gasteiger partial charge in [0.1, 0.15) is 13.2 Å². The number of fused-ring (bicyclic) bond motifs is 2. The van der Waals surface area contributed by atoms with E-state index in [4.69, 9.17) is 21.1 Å². The van der Waals surface area contributed by atoms with Crippen molar-refractivity contribution < 1.29 is 19.4 Å². The van der Waals surface area contributed by atoms with E-state index in [1.165, 1.54) is 0 Å². The summed E-state index contributed by atoms with van der Waals surface area (Å²) in [5.41, 5.74) is 2.07. The Labute approximate surface area is 142 Å². The molecule has 0 saturated heterocycles. The second kappa shape index (κ2) is 5.69. The van der Waals surface area contributed by atoms with Gasteiger partial charge < -0.3 is 14.6 Å². The molecule has 0 bridgehead atoms. The molecule has 3 aromatic rings. The average Bonchev–Trinajstić information content (AvgIpc) is 2.59. The van der Waals surface area contributed by atoms with Gasteiger partial charge in [-0.15, -0.1) is 0 Å². The van der Waals surface area contributed by atoms with Gasteiger partial charge in [-0.05, 0) is 24.3 Å². The summed E-state index contributed by atoms with van der Waals surface area (Å²) in [5.74, 6) is 0.0948. The number of aromatic nitrogens is 1. The minimum absolute atomic E-state index is 0.168. The highest BCUT2D eigenvalue weighted by Crippen LogP contribution is 2.36. The summed E-state index contributed by atoms with van der Waals surface area (Å²) >= 11 is 5.91. The SMILES string of the molecule is O=C(O)c1cc(-c2ccc(Cl)cc2)nc2cc3c(cc12)OCCO3. The van der Waals surface area contributed by atoms with Crippen LogP contribution in [0.15, 0.2) is 42.5 Å². The number of hydrogen-bond acceptors (Lipinski definition) is 4. The number of carboxylic acids is 1. The molecule has 2 heterocycles. The number of halogens is 1. The quantitative estimate of drug-likeness (QED) is 0.762. The number of carbonyl (C=O) groups is 1. The monoisotopic (exact) mass is 341 g/mol. The predicted molar refractivity (Wildman–Crippen MR) is 90.1 cm³/mol. The summed E-state index contributed by atoms with van der Waals surface area (Å²) < 4.78 is 11.1. The van der Waals surface area contributed by atoms with Crippen molar-refractivity contribution in [2.75, 3.05) is 13.2 Å². The minimum Gasteiger partial charge on any atom is -0.486 e. The molecule has 120 valence electrons. The third kappa shape index (κ3) is 2.53. The molecule has 0 fully saturated rings. The van der Waals surface area contributed by atoms with Gasteiger partial charge in [-0.3, -0.25) is 0 Å². The number of hydrogen-bond donors (Lipinski definition) is 1. The van der Waals surface area contributed by atoms with Crippen LogP contribution in [-0.2, 0) is 0 Å². The number of pyridine rings is 1. The fourth-order valence-corrected chi connectivity index (χ4v) is 2.83. The van der Waals surface area contributed by atoms with Crippen molar-refractivity contribution in [1.82, 2.24) is 4.98 Å². The third-order valence-electron chi connectivity index (χ3n) is 3.84. The molecule has 0 amide bonds. The molecule has 1 N–H and O–H groups in total. The number of aromatic carboxylic acids is 1. The van der Waals surface area contributed by atoms with Crippen LogP contribution in [0.1, 0.15) is 10.4 Å². The first-order chi connectivity index (χ1) is 11.6. The highest BCUT2D eigenvalue weighted by Gasteiger charge is 2.18. The van der Waals surface area contributed by atoms with Crippen LogP contribution in [0.4, 0.5) is 0 Å². The van der Waals surface area contributed by atoms with Crippen molar-refractivity contribution in [3.8, 4) is 22.8 Å². The first-order valence-electron chi connectivity index (χ1n) is 7.35. The van der Waals surface area contributed by atoms with Crippen LogP contribution in [0.3, 0.4) is 0 Å². The molecule has 0 aliphatic carbocycles. The number of rotatable bonds is 2. The zero-order valence-corrected chi connectivity index (χ0v) is 13.2. The van der Waals surface area contributed by atoms with Gasteiger partial charge in [0.05, 0.1) is 16.8 Å². The Morgan fingerprint density at radius 3 is 2.38 bits per heavy atom. The highest BCUT2D eigenvalue weighted by molar-refractivity contribution is 6.30. The van der Waals surface area contributed by atoms with E-state index in [2.05, 4.69) is 4.98 Å². The number of nitrogens with zero attached hydrogens (tertiary/aromatic N) is 1. The van der Waals surface area contributed by atoms with Gasteiger partial charge in [-0.25, -0.2) is 9.78 Å². The van der Waals surface area contributed by atoms with Crippen molar-refractivity contribution in [3.63, 3.8) is 0 Å². The van der Waals surface area contributed by atoms with Gasteiger partial charge in [-0.1, -0.05) is 23.7 Å². The molecule has 1 aliphatic rings. The largest absolute Gasteiger partial charge is 0.486 e. The van der Waals surface area contributed by atoms with Gasteiger partial charge in [0, 0.05) is 22.0 Å². The number of carboxylic acid groups (broad SMARTS) is 1. The maximum atomic E-state index is 11.7. The lowest BCUT2D eigenvalue weighted by Crippen LogP contribution is -2.15. The molecular weight excluding hydrogens is 330 g/mol. The van der Waals surface area contributed by atoms with Crippen LogP contribution in [0.25, 0.3) is 22.2 Å². The third-order valence-corrected chi connectivity index (χ3v) is 4.10. The number of benzene rings is 2. The second-order valence-electron chi connectivity index (χ2n) is 5.38. The summed E-state index contributed by atoms with van der Waals surface area (Å²) in [7, 11) is 0. The van der Waals surface area contributed by atoms with Crippen molar-refractivity contribution in [2.24, 2.45) is 0 Å². The van der Waals surface area contributed by atoms with Crippen molar-refractivity contribution in [3.05, 3.63) is 53.1 Å². The van der Waals surface area contributed by atoms with Gasteiger partial charge in [0.15, 0.2) is 11.5 Å². The maximum absolute atomic E-state index is 11.7. The van der Waals surface area contributed by atoms with E-state index in [1.54, 1.807) is 42.5 Å². The van der Waals surface area contributed by atoms with E-state index >= 15 is 0 Å². The first-order valence-corrected chi connectivity index (χ1v) is 7.73. The molecule has 0 radical (unpaired) electrons. The fourth-order valence-electron chi connectivity index (χ4n) is 2.71. The lowest BCUT2D eigenvalue weighted by molar-refractivity contribution is 0.0699. The van der Waals surface area contributed by atoms with Crippen molar-refractivity contribution in [1.29, 1.82) is 0 Å². The van der Waals surface area contributed by atoms with Gasteiger partial charge in [0.25, 0.3) is 0 Å². The van der Waals surface area contributed by atoms with E-state index in [-0.39, 0.29) is 5.56 Å². The molecule has 2 aromatic carbocycles. The van der Waals surface area contributed by atoms with Crippen LogP contribution in [0, 0.1) is 0 Å². The Morgan fingerprint density at radius 1 is 1.04 bits per heavy atom. The van der Waals surface area contributed by atoms with Crippen LogP contribution in [0.2, 0.25) is 5.02 Å². The molecule has 6 heteroatoms. The molecule has 24 heavy (non-hydrogen) atoms. The summed E-state index contributed by atoms with van der Waals surface area (Å²) in [6.07, 6.45) is 0. The summed E-state index contributed by atoms with van der Waals surface area (Å²) in [6.45, 7) is 0.901. The fraction of sp³-hybridized carbons (Fsp3) is 0.111. The van der Waals surface area contributed by atoms with Crippen LogP contribution in [0.5, 0.6) is 11.5 Å². The second-order valence-corrected chi connectivity index (χ2v) is 5.82. The highest BCUT2D eigenvalue weighted by atomic mass is 35.5. The Hall–Kier alpha value is -2.79. The van der Waals surface area contributed by atoms with E-state index in [9.17, 15) is 9.90 Å². The predicted octanol–water partition coefficient (Wildman–Crippen LogP) is 4.02. The number of ether oxygens (including phenoxy) is 2. The summed E-state index contributed by atoms with van der Waals surface area (Å²) in [4.78, 5) is 16.3. The van der Waals surface area contributed by atoms with Gasteiger partial charge in [-0.2, -0.15) is 0 Å². The Kier molecular flexibility index (Phi) is 3.50. The van der Waals surface area contributed by atoms with Crippen molar-refractivity contribution >= 4 is 28.5 Å². The molecular formula is C18H12ClNO4. The van der Waals surface area contributed by atoms with Gasteiger partial charge in [0.2, 0.25) is 0 Å². The molecule has 5 nitrogen and oxygen atoms in total. The molecule has 0 spiro atoms. The molecule has 4 rings (SSSR count).